The first-order chi connectivity index (χ1) is 8.09. The molecule has 2 N–H and O–H groups in total. The molecule has 0 spiro atoms. The van der Waals surface area contributed by atoms with Crippen LogP contribution in [0, 0.1) is 0 Å². The Morgan fingerprint density at radius 2 is 2.18 bits per heavy atom. The van der Waals surface area contributed by atoms with Crippen LogP contribution in [0.4, 0.5) is 0 Å². The molecule has 0 saturated heterocycles. The van der Waals surface area contributed by atoms with Gasteiger partial charge in [0.2, 0.25) is 0 Å². The number of hydrogen-bond donors (Lipinski definition) is 2. The molecule has 1 aliphatic carbocycles. The van der Waals surface area contributed by atoms with E-state index in [-0.39, 0.29) is 11.6 Å². The lowest BCUT2D eigenvalue weighted by atomic mass is 9.92. The van der Waals surface area contributed by atoms with Crippen LogP contribution in [-0.2, 0) is 0 Å². The summed E-state index contributed by atoms with van der Waals surface area (Å²) in [6.45, 7) is 0. The molecule has 0 amide bonds. The van der Waals surface area contributed by atoms with E-state index in [4.69, 9.17) is 5.11 Å². The maximum atomic E-state index is 11.9. The van der Waals surface area contributed by atoms with Crippen molar-refractivity contribution >= 4 is 5.97 Å². The molecule has 1 heterocycles. The minimum Gasteiger partial charge on any atom is -0.477 e. The van der Waals surface area contributed by atoms with Crippen LogP contribution < -0.4 is 5.56 Å². The normalized spacial score (nSPS) is 24.5. The van der Waals surface area contributed by atoms with Crippen LogP contribution in [0.15, 0.2) is 23.1 Å². The molecule has 0 aromatic carbocycles. The molecule has 2 atom stereocenters. The first kappa shape index (κ1) is 11.9. The second kappa shape index (κ2) is 4.71. The van der Waals surface area contributed by atoms with E-state index in [9.17, 15) is 14.7 Å². The Balaban J connectivity index is 2.35. The monoisotopic (exact) mass is 237 g/mol. The van der Waals surface area contributed by atoms with Gasteiger partial charge in [-0.05, 0) is 37.8 Å². The summed E-state index contributed by atoms with van der Waals surface area (Å²) in [6, 6.07) is 2.78. The Morgan fingerprint density at radius 1 is 1.41 bits per heavy atom. The van der Waals surface area contributed by atoms with Crippen molar-refractivity contribution < 1.29 is 15.0 Å². The number of nitrogens with zero attached hydrogens (tertiary/aromatic N) is 1. The highest BCUT2D eigenvalue weighted by molar-refractivity contribution is 5.86. The van der Waals surface area contributed by atoms with Gasteiger partial charge in [-0.15, -0.1) is 0 Å². The average Bonchev–Trinajstić information content (AvgIpc) is 2.29. The van der Waals surface area contributed by atoms with Crippen molar-refractivity contribution in [1.29, 1.82) is 0 Å². The standard InChI is InChI=1S/C12H15NO4/c14-9-4-1-3-8(7-9)13-6-2-5-10(11(13)15)12(16)17/h2,5-6,8-9,14H,1,3-4,7H2,(H,16,17)/t8-,9-/m1/s1. The number of carboxylic acid groups (broad SMARTS) is 1. The molecule has 1 saturated carbocycles. The summed E-state index contributed by atoms with van der Waals surface area (Å²) in [7, 11) is 0. The van der Waals surface area contributed by atoms with Gasteiger partial charge in [0, 0.05) is 12.2 Å². The second-order valence-electron chi connectivity index (χ2n) is 4.41. The van der Waals surface area contributed by atoms with Crippen molar-refractivity contribution in [2.45, 2.75) is 37.8 Å². The van der Waals surface area contributed by atoms with Crippen LogP contribution in [0.2, 0.25) is 0 Å². The fourth-order valence-corrected chi connectivity index (χ4v) is 2.35. The third-order valence-corrected chi connectivity index (χ3v) is 3.22. The highest BCUT2D eigenvalue weighted by atomic mass is 16.4. The van der Waals surface area contributed by atoms with E-state index in [2.05, 4.69) is 0 Å². The molecule has 1 aromatic rings. The fourth-order valence-electron chi connectivity index (χ4n) is 2.35. The van der Waals surface area contributed by atoms with E-state index >= 15 is 0 Å². The van der Waals surface area contributed by atoms with Crippen LogP contribution in [0.3, 0.4) is 0 Å². The SMILES string of the molecule is O=C(O)c1cccn([C@@H]2CCC[C@@H](O)C2)c1=O. The van der Waals surface area contributed by atoms with Crippen molar-refractivity contribution in [2.24, 2.45) is 0 Å². The number of aromatic nitrogens is 1. The third kappa shape index (κ3) is 2.39. The summed E-state index contributed by atoms with van der Waals surface area (Å²) in [4.78, 5) is 22.8. The summed E-state index contributed by atoms with van der Waals surface area (Å²) in [5.74, 6) is -1.21. The van der Waals surface area contributed by atoms with Gasteiger partial charge in [-0.3, -0.25) is 4.79 Å². The van der Waals surface area contributed by atoms with Gasteiger partial charge in [0.25, 0.3) is 5.56 Å². The minimum atomic E-state index is -1.21. The second-order valence-corrected chi connectivity index (χ2v) is 4.41. The molecule has 0 radical (unpaired) electrons. The van der Waals surface area contributed by atoms with Gasteiger partial charge in [0.1, 0.15) is 5.56 Å². The molecule has 2 rings (SSSR count). The molecule has 0 bridgehead atoms. The lowest BCUT2D eigenvalue weighted by Gasteiger charge is -2.27. The van der Waals surface area contributed by atoms with Crippen LogP contribution in [0.25, 0.3) is 0 Å². The number of pyridine rings is 1. The zero-order chi connectivity index (χ0) is 12.4. The molecular weight excluding hydrogens is 222 g/mol. The van der Waals surface area contributed by atoms with Crippen molar-refractivity contribution in [2.75, 3.05) is 0 Å². The Kier molecular flexibility index (Phi) is 3.28. The summed E-state index contributed by atoms with van der Waals surface area (Å²) < 4.78 is 1.44. The van der Waals surface area contributed by atoms with Crippen LogP contribution in [-0.4, -0.2) is 26.9 Å². The Morgan fingerprint density at radius 3 is 2.82 bits per heavy atom. The van der Waals surface area contributed by atoms with E-state index in [1.54, 1.807) is 12.3 Å². The van der Waals surface area contributed by atoms with Crippen LogP contribution >= 0.6 is 0 Å². The molecule has 0 unspecified atom stereocenters. The molecule has 0 aliphatic heterocycles. The summed E-state index contributed by atoms with van der Waals surface area (Å²) in [5, 5.41) is 18.5. The van der Waals surface area contributed by atoms with Crippen molar-refractivity contribution in [3.8, 4) is 0 Å². The van der Waals surface area contributed by atoms with E-state index < -0.39 is 17.6 Å². The van der Waals surface area contributed by atoms with Crippen molar-refractivity contribution in [3.05, 3.63) is 34.2 Å². The van der Waals surface area contributed by atoms with E-state index in [1.807, 2.05) is 0 Å². The highest BCUT2D eigenvalue weighted by Crippen LogP contribution is 2.27. The lowest BCUT2D eigenvalue weighted by Crippen LogP contribution is -2.32. The molecule has 5 nitrogen and oxygen atoms in total. The number of aliphatic hydroxyl groups is 1. The molecule has 17 heavy (non-hydrogen) atoms. The highest BCUT2D eigenvalue weighted by Gasteiger charge is 2.23. The van der Waals surface area contributed by atoms with Gasteiger partial charge in [-0.1, -0.05) is 0 Å². The topological polar surface area (TPSA) is 79.5 Å². The number of rotatable bonds is 2. The molecule has 5 heteroatoms. The van der Waals surface area contributed by atoms with Gasteiger partial charge < -0.3 is 14.8 Å². The molecule has 1 fully saturated rings. The van der Waals surface area contributed by atoms with E-state index in [0.717, 1.165) is 19.3 Å². The zero-order valence-corrected chi connectivity index (χ0v) is 9.37. The van der Waals surface area contributed by atoms with Crippen molar-refractivity contribution in [1.82, 2.24) is 4.57 Å². The number of aromatic carboxylic acids is 1. The van der Waals surface area contributed by atoms with Crippen molar-refractivity contribution in [3.63, 3.8) is 0 Å². The summed E-state index contributed by atoms with van der Waals surface area (Å²) >= 11 is 0. The first-order valence-electron chi connectivity index (χ1n) is 5.72. The number of carbonyl (C=O) groups is 1. The van der Waals surface area contributed by atoms with Gasteiger partial charge >= 0.3 is 5.97 Å². The third-order valence-electron chi connectivity index (χ3n) is 3.22. The van der Waals surface area contributed by atoms with Crippen LogP contribution in [0.5, 0.6) is 0 Å². The molecular formula is C12H15NO4. The largest absolute Gasteiger partial charge is 0.477 e. The number of carboxylic acids is 1. The van der Waals surface area contributed by atoms with Crippen LogP contribution in [0.1, 0.15) is 42.1 Å². The zero-order valence-electron chi connectivity index (χ0n) is 9.37. The quantitative estimate of drug-likeness (QED) is 0.804. The van der Waals surface area contributed by atoms with Gasteiger partial charge in [-0.25, -0.2) is 4.79 Å². The van der Waals surface area contributed by atoms with Gasteiger partial charge in [-0.2, -0.15) is 0 Å². The van der Waals surface area contributed by atoms with E-state index in [0.29, 0.717) is 6.42 Å². The maximum absolute atomic E-state index is 11.9. The molecule has 1 aromatic heterocycles. The Hall–Kier alpha value is -1.62. The summed E-state index contributed by atoms with van der Waals surface area (Å²) in [6.07, 6.45) is 4.13. The predicted molar refractivity (Wildman–Crippen MR) is 61.2 cm³/mol. The summed E-state index contributed by atoms with van der Waals surface area (Å²) in [5.41, 5.74) is -0.702. The van der Waals surface area contributed by atoms with E-state index in [1.165, 1.54) is 10.6 Å². The number of hydrogen-bond acceptors (Lipinski definition) is 3. The average molecular weight is 237 g/mol. The lowest BCUT2D eigenvalue weighted by molar-refractivity contribution is 0.0693. The van der Waals surface area contributed by atoms with Gasteiger partial charge in [0.15, 0.2) is 0 Å². The predicted octanol–water partition coefficient (Wildman–Crippen LogP) is 1.02. The molecule has 1 aliphatic rings. The first-order valence-corrected chi connectivity index (χ1v) is 5.72. The smallest absolute Gasteiger partial charge is 0.341 e. The van der Waals surface area contributed by atoms with Gasteiger partial charge in [0.05, 0.1) is 6.10 Å². The molecule has 92 valence electrons. The fraction of sp³-hybridized carbons (Fsp3) is 0.500. The Labute approximate surface area is 98.3 Å². The maximum Gasteiger partial charge on any atom is 0.341 e. The Bertz CT molecular complexity index is 480. The minimum absolute atomic E-state index is 0.0921. The number of aliphatic hydroxyl groups excluding tert-OH is 1.